The first-order valence-corrected chi connectivity index (χ1v) is 7.30. The molecule has 0 aliphatic heterocycles. The van der Waals surface area contributed by atoms with Crippen LogP contribution in [0.2, 0.25) is 0 Å². The molecule has 2 heterocycles. The van der Waals surface area contributed by atoms with E-state index in [2.05, 4.69) is 10.1 Å². The first-order valence-electron chi connectivity index (χ1n) is 5.11. The van der Waals surface area contributed by atoms with Gasteiger partial charge in [0.2, 0.25) is 0 Å². The van der Waals surface area contributed by atoms with Crippen molar-refractivity contribution in [1.29, 1.82) is 0 Å². The van der Waals surface area contributed by atoms with Gasteiger partial charge >= 0.3 is 0 Å². The lowest BCUT2D eigenvalue weighted by atomic mass is 10.3. The molecule has 0 N–H and O–H groups in total. The highest BCUT2D eigenvalue weighted by Gasteiger charge is 2.22. The normalized spacial score (nSPS) is 14.0. The number of alkyl halides is 1. The maximum atomic E-state index is 12.2. The van der Waals surface area contributed by atoms with Crippen LogP contribution < -0.4 is 0 Å². The van der Waals surface area contributed by atoms with E-state index in [1.165, 1.54) is 10.7 Å². The van der Waals surface area contributed by atoms with Crippen molar-refractivity contribution in [2.45, 2.75) is 11.9 Å². The van der Waals surface area contributed by atoms with Crippen LogP contribution in [-0.4, -0.2) is 34.6 Å². The molecule has 2 aromatic heterocycles. The summed E-state index contributed by atoms with van der Waals surface area (Å²) in [6, 6.07) is 1.63. The van der Waals surface area contributed by atoms with E-state index in [-0.39, 0.29) is 16.7 Å². The number of aromatic nitrogens is 3. The third kappa shape index (κ3) is 2.42. The van der Waals surface area contributed by atoms with Gasteiger partial charge in [-0.2, -0.15) is 5.10 Å². The average molecular weight is 274 g/mol. The van der Waals surface area contributed by atoms with Gasteiger partial charge in [-0.1, -0.05) is 6.92 Å². The lowest BCUT2D eigenvalue weighted by Gasteiger charge is -2.08. The standard InChI is InChI=1S/C10H12ClN3O2S/c1-8(6-11)7-17(15,16)10-9-2-3-13-14(9)5-4-12-10/h2-5,8H,6-7H2,1H3. The monoisotopic (exact) mass is 273 g/mol. The predicted molar refractivity (Wildman–Crippen MR) is 64.9 cm³/mol. The molecule has 0 fully saturated rings. The highest BCUT2D eigenvalue weighted by molar-refractivity contribution is 7.91. The number of hydrogen-bond acceptors (Lipinski definition) is 4. The molecule has 7 heteroatoms. The van der Waals surface area contributed by atoms with Crippen LogP contribution in [0.4, 0.5) is 0 Å². The molecule has 1 atom stereocenters. The Morgan fingerprint density at radius 2 is 2.24 bits per heavy atom. The van der Waals surface area contributed by atoms with Gasteiger partial charge in [0.1, 0.15) is 5.52 Å². The number of rotatable bonds is 4. The molecule has 0 aliphatic carbocycles. The summed E-state index contributed by atoms with van der Waals surface area (Å²) in [5, 5.41) is 4.04. The minimum atomic E-state index is -3.42. The lowest BCUT2D eigenvalue weighted by Crippen LogP contribution is -2.17. The molecule has 0 saturated heterocycles. The second kappa shape index (κ2) is 4.62. The largest absolute Gasteiger partial charge is 0.241 e. The zero-order valence-electron chi connectivity index (χ0n) is 9.25. The van der Waals surface area contributed by atoms with Gasteiger partial charge in [-0.15, -0.1) is 11.6 Å². The van der Waals surface area contributed by atoms with E-state index in [1.807, 2.05) is 0 Å². The van der Waals surface area contributed by atoms with Crippen LogP contribution in [0.5, 0.6) is 0 Å². The van der Waals surface area contributed by atoms with Crippen LogP contribution in [0.3, 0.4) is 0 Å². The van der Waals surface area contributed by atoms with E-state index in [9.17, 15) is 8.42 Å². The fourth-order valence-electron chi connectivity index (χ4n) is 1.57. The van der Waals surface area contributed by atoms with Gasteiger partial charge in [-0.3, -0.25) is 0 Å². The maximum absolute atomic E-state index is 12.2. The van der Waals surface area contributed by atoms with Crippen LogP contribution >= 0.6 is 11.6 Å². The quantitative estimate of drug-likeness (QED) is 0.790. The first-order chi connectivity index (χ1) is 8.04. The second-order valence-electron chi connectivity index (χ2n) is 3.93. The van der Waals surface area contributed by atoms with Crippen molar-refractivity contribution in [3.8, 4) is 0 Å². The maximum Gasteiger partial charge on any atom is 0.198 e. The predicted octanol–water partition coefficient (Wildman–Crippen LogP) is 1.38. The van der Waals surface area contributed by atoms with Crippen LogP contribution in [-0.2, 0) is 9.84 Å². The van der Waals surface area contributed by atoms with Crippen molar-refractivity contribution in [3.63, 3.8) is 0 Å². The van der Waals surface area contributed by atoms with E-state index in [0.717, 1.165) is 0 Å². The van der Waals surface area contributed by atoms with E-state index < -0.39 is 9.84 Å². The molecule has 5 nitrogen and oxygen atoms in total. The number of nitrogens with zero attached hydrogens (tertiary/aromatic N) is 3. The van der Waals surface area contributed by atoms with E-state index in [4.69, 9.17) is 11.6 Å². The summed E-state index contributed by atoms with van der Waals surface area (Å²) in [7, 11) is -3.42. The summed E-state index contributed by atoms with van der Waals surface area (Å²) in [4.78, 5) is 3.95. The summed E-state index contributed by atoms with van der Waals surface area (Å²) in [6.45, 7) is 1.79. The Labute approximate surface area is 104 Å². The highest BCUT2D eigenvalue weighted by atomic mass is 35.5. The van der Waals surface area contributed by atoms with Crippen molar-refractivity contribution < 1.29 is 8.42 Å². The molecular weight excluding hydrogens is 262 g/mol. The smallest absolute Gasteiger partial charge is 0.198 e. The fraction of sp³-hybridized carbons (Fsp3) is 0.400. The average Bonchev–Trinajstić information content (AvgIpc) is 2.75. The molecule has 0 radical (unpaired) electrons. The molecule has 2 rings (SSSR count). The number of sulfone groups is 1. The van der Waals surface area contributed by atoms with Crippen molar-refractivity contribution in [2.75, 3.05) is 11.6 Å². The third-order valence-corrected chi connectivity index (χ3v) is 4.79. The van der Waals surface area contributed by atoms with Crippen LogP contribution in [0, 0.1) is 5.92 Å². The first kappa shape index (κ1) is 12.3. The minimum Gasteiger partial charge on any atom is -0.241 e. The van der Waals surface area contributed by atoms with Crippen molar-refractivity contribution in [1.82, 2.24) is 14.6 Å². The molecule has 17 heavy (non-hydrogen) atoms. The Morgan fingerprint density at radius 1 is 1.47 bits per heavy atom. The summed E-state index contributed by atoms with van der Waals surface area (Å²) in [5.41, 5.74) is 0.495. The van der Waals surface area contributed by atoms with Crippen LogP contribution in [0.25, 0.3) is 5.52 Å². The molecular formula is C10H12ClN3O2S. The molecule has 0 bridgehead atoms. The fourth-order valence-corrected chi connectivity index (χ4v) is 3.54. The van der Waals surface area contributed by atoms with E-state index in [1.54, 1.807) is 25.4 Å². The number of fused-ring (bicyclic) bond motifs is 1. The van der Waals surface area contributed by atoms with Gasteiger partial charge in [0.15, 0.2) is 14.9 Å². The van der Waals surface area contributed by atoms with E-state index in [0.29, 0.717) is 11.4 Å². The Balaban J connectivity index is 2.49. The summed E-state index contributed by atoms with van der Waals surface area (Å²) < 4.78 is 25.8. The summed E-state index contributed by atoms with van der Waals surface area (Å²) in [5.74, 6) is 0.197. The van der Waals surface area contributed by atoms with Gasteiger partial charge in [0.05, 0.1) is 11.9 Å². The third-order valence-electron chi connectivity index (χ3n) is 2.35. The second-order valence-corrected chi connectivity index (χ2v) is 6.19. The van der Waals surface area contributed by atoms with Crippen molar-refractivity contribution >= 4 is 27.0 Å². The Bertz CT molecular complexity index is 623. The van der Waals surface area contributed by atoms with Gasteiger partial charge in [0.25, 0.3) is 0 Å². The van der Waals surface area contributed by atoms with Gasteiger partial charge in [-0.25, -0.2) is 17.9 Å². The summed E-state index contributed by atoms with van der Waals surface area (Å²) >= 11 is 5.64. The van der Waals surface area contributed by atoms with Crippen LogP contribution in [0.1, 0.15) is 6.92 Å². The molecule has 1 unspecified atom stereocenters. The molecule has 0 amide bonds. The molecule has 0 spiro atoms. The van der Waals surface area contributed by atoms with Gasteiger partial charge < -0.3 is 0 Å². The topological polar surface area (TPSA) is 64.3 Å². The SMILES string of the molecule is CC(CCl)CS(=O)(=O)c1nccn2nccc12. The molecule has 2 aromatic rings. The zero-order chi connectivity index (χ0) is 12.5. The van der Waals surface area contributed by atoms with Crippen LogP contribution in [0.15, 0.2) is 29.7 Å². The summed E-state index contributed by atoms with van der Waals surface area (Å²) in [6.07, 6.45) is 4.58. The zero-order valence-corrected chi connectivity index (χ0v) is 10.8. The van der Waals surface area contributed by atoms with E-state index >= 15 is 0 Å². The lowest BCUT2D eigenvalue weighted by molar-refractivity contribution is 0.580. The molecule has 0 aromatic carbocycles. The molecule has 0 aliphatic rings. The van der Waals surface area contributed by atoms with Crippen molar-refractivity contribution in [2.24, 2.45) is 5.92 Å². The minimum absolute atomic E-state index is 0.00560. The Morgan fingerprint density at radius 3 is 2.94 bits per heavy atom. The molecule has 92 valence electrons. The highest BCUT2D eigenvalue weighted by Crippen LogP contribution is 2.17. The van der Waals surface area contributed by atoms with Gasteiger partial charge in [-0.05, 0) is 12.0 Å². The van der Waals surface area contributed by atoms with Crippen molar-refractivity contribution in [3.05, 3.63) is 24.7 Å². The Hall–Kier alpha value is -1.14. The Kier molecular flexibility index (Phi) is 3.35. The van der Waals surface area contributed by atoms with Gasteiger partial charge in [0, 0.05) is 18.3 Å². The number of halogens is 1. The molecule has 0 saturated carbocycles. The number of hydrogen-bond donors (Lipinski definition) is 0.